The summed E-state index contributed by atoms with van der Waals surface area (Å²) in [4.78, 5) is 14.2. The molecule has 2 aromatic carbocycles. The van der Waals surface area contributed by atoms with E-state index in [1.165, 1.54) is 6.07 Å². The second-order valence-electron chi connectivity index (χ2n) is 6.09. The molecule has 126 valence electrons. The third kappa shape index (κ3) is 3.46. The molecule has 1 N–H and O–H groups in total. The lowest BCUT2D eigenvalue weighted by molar-refractivity contribution is 0.0666. The topological polar surface area (TPSA) is 40.5 Å². The van der Waals surface area contributed by atoms with E-state index in [9.17, 15) is 18.7 Å². The van der Waals surface area contributed by atoms with Crippen LogP contribution in [0.15, 0.2) is 48.5 Å². The van der Waals surface area contributed by atoms with Crippen molar-refractivity contribution in [2.75, 3.05) is 6.54 Å². The Kier molecular flexibility index (Phi) is 4.90. The van der Waals surface area contributed by atoms with Crippen molar-refractivity contribution in [1.82, 2.24) is 4.90 Å². The lowest BCUT2D eigenvalue weighted by atomic mass is 10.00. The number of benzene rings is 2. The van der Waals surface area contributed by atoms with Crippen LogP contribution in [0.3, 0.4) is 0 Å². The average Bonchev–Trinajstić information content (AvgIpc) is 3.05. The molecule has 1 aliphatic rings. The van der Waals surface area contributed by atoms with Gasteiger partial charge in [-0.25, -0.2) is 8.78 Å². The number of rotatable bonds is 4. The number of hydrogen-bond donors (Lipinski definition) is 1. The van der Waals surface area contributed by atoms with E-state index in [0.717, 1.165) is 30.5 Å². The summed E-state index contributed by atoms with van der Waals surface area (Å²) in [6.07, 6.45) is 1.40. The second kappa shape index (κ2) is 7.09. The number of likely N-dealkylation sites (tertiary alicyclic amines) is 1. The number of carbonyl (C=O) groups excluding carboxylic acids is 1. The second-order valence-corrected chi connectivity index (χ2v) is 6.09. The summed E-state index contributed by atoms with van der Waals surface area (Å²) < 4.78 is 26.4. The van der Waals surface area contributed by atoms with E-state index in [1.807, 2.05) is 30.3 Å². The van der Waals surface area contributed by atoms with Gasteiger partial charge >= 0.3 is 0 Å². The maximum Gasteiger partial charge on any atom is 0.254 e. The molecule has 1 amide bonds. The van der Waals surface area contributed by atoms with E-state index in [0.29, 0.717) is 13.0 Å². The molecule has 3 rings (SSSR count). The maximum atomic E-state index is 13.4. The van der Waals surface area contributed by atoms with E-state index >= 15 is 0 Å². The fourth-order valence-corrected chi connectivity index (χ4v) is 3.21. The number of aliphatic hydroxyl groups is 1. The molecule has 1 saturated heterocycles. The normalized spacial score (nSPS) is 18.6. The molecule has 1 aliphatic heterocycles. The van der Waals surface area contributed by atoms with Crippen LogP contribution in [0.2, 0.25) is 0 Å². The number of amides is 1. The summed E-state index contributed by atoms with van der Waals surface area (Å²) in [5.41, 5.74) is 0.944. The van der Waals surface area contributed by atoms with Crippen LogP contribution >= 0.6 is 0 Å². The van der Waals surface area contributed by atoms with E-state index in [1.54, 1.807) is 4.90 Å². The first-order valence-corrected chi connectivity index (χ1v) is 8.05. The molecule has 2 unspecified atom stereocenters. The Bertz CT molecular complexity index is 721. The summed E-state index contributed by atoms with van der Waals surface area (Å²) >= 11 is 0. The molecule has 5 heteroatoms. The van der Waals surface area contributed by atoms with Gasteiger partial charge in [-0.15, -0.1) is 0 Å². The van der Waals surface area contributed by atoms with Crippen molar-refractivity contribution in [3.63, 3.8) is 0 Å². The van der Waals surface area contributed by atoms with Gasteiger partial charge in [0.15, 0.2) is 11.6 Å². The van der Waals surface area contributed by atoms with Gasteiger partial charge in [-0.3, -0.25) is 4.79 Å². The van der Waals surface area contributed by atoms with Crippen LogP contribution in [0.1, 0.15) is 41.3 Å². The summed E-state index contributed by atoms with van der Waals surface area (Å²) in [5.74, 6) is -2.32. The third-order valence-corrected chi connectivity index (χ3v) is 4.48. The molecule has 1 heterocycles. The van der Waals surface area contributed by atoms with E-state index in [2.05, 4.69) is 0 Å². The standard InChI is InChI=1S/C19H19F2NO2/c20-16-9-8-14(11-17(16)21)19(24)22-10-4-7-15(22)12-18(23)13-5-2-1-3-6-13/h1-3,5-6,8-9,11,15,18,23H,4,7,10,12H2. The Morgan fingerprint density at radius 2 is 1.92 bits per heavy atom. The zero-order valence-corrected chi connectivity index (χ0v) is 13.2. The van der Waals surface area contributed by atoms with Crippen molar-refractivity contribution in [3.8, 4) is 0 Å². The van der Waals surface area contributed by atoms with Crippen LogP contribution in [-0.4, -0.2) is 28.5 Å². The highest BCUT2D eigenvalue weighted by atomic mass is 19.2. The van der Waals surface area contributed by atoms with Crippen LogP contribution in [0.5, 0.6) is 0 Å². The Hall–Kier alpha value is -2.27. The van der Waals surface area contributed by atoms with Crippen molar-refractivity contribution < 1.29 is 18.7 Å². The molecule has 0 aromatic heterocycles. The molecule has 2 atom stereocenters. The molecule has 0 saturated carbocycles. The van der Waals surface area contributed by atoms with Gasteiger partial charge in [0.2, 0.25) is 0 Å². The minimum absolute atomic E-state index is 0.110. The molecular weight excluding hydrogens is 312 g/mol. The molecular formula is C19H19F2NO2. The zero-order valence-electron chi connectivity index (χ0n) is 13.2. The van der Waals surface area contributed by atoms with Crippen LogP contribution in [0, 0.1) is 11.6 Å². The summed E-state index contributed by atoms with van der Waals surface area (Å²) in [6.45, 7) is 0.560. The lowest BCUT2D eigenvalue weighted by Crippen LogP contribution is -2.36. The molecule has 3 nitrogen and oxygen atoms in total. The van der Waals surface area contributed by atoms with Gasteiger partial charge in [-0.2, -0.15) is 0 Å². The van der Waals surface area contributed by atoms with E-state index in [-0.39, 0.29) is 17.5 Å². The van der Waals surface area contributed by atoms with Gasteiger partial charge in [-0.1, -0.05) is 30.3 Å². The van der Waals surface area contributed by atoms with Crippen LogP contribution < -0.4 is 0 Å². The number of carbonyl (C=O) groups is 1. The summed E-state index contributed by atoms with van der Waals surface area (Å²) in [6, 6.07) is 12.4. The van der Waals surface area contributed by atoms with E-state index in [4.69, 9.17) is 0 Å². The predicted molar refractivity (Wildman–Crippen MR) is 86.4 cm³/mol. The minimum Gasteiger partial charge on any atom is -0.388 e. The first-order chi connectivity index (χ1) is 11.6. The fourth-order valence-electron chi connectivity index (χ4n) is 3.21. The van der Waals surface area contributed by atoms with Crippen LogP contribution in [0.25, 0.3) is 0 Å². The summed E-state index contributed by atoms with van der Waals surface area (Å²) in [7, 11) is 0. The van der Waals surface area contributed by atoms with Crippen molar-refractivity contribution in [2.24, 2.45) is 0 Å². The Morgan fingerprint density at radius 1 is 1.17 bits per heavy atom. The molecule has 0 aliphatic carbocycles. The SMILES string of the molecule is O=C(c1ccc(F)c(F)c1)N1CCCC1CC(O)c1ccccc1. The average molecular weight is 331 g/mol. The lowest BCUT2D eigenvalue weighted by Gasteiger charge is -2.27. The van der Waals surface area contributed by atoms with Gasteiger partial charge in [0.05, 0.1) is 6.10 Å². The molecule has 24 heavy (non-hydrogen) atoms. The van der Waals surface area contributed by atoms with Gasteiger partial charge < -0.3 is 10.0 Å². The molecule has 0 spiro atoms. The number of halogens is 2. The van der Waals surface area contributed by atoms with Gasteiger partial charge in [-0.05, 0) is 43.0 Å². The molecule has 2 aromatic rings. The van der Waals surface area contributed by atoms with Crippen molar-refractivity contribution in [2.45, 2.75) is 31.4 Å². The molecule has 0 radical (unpaired) electrons. The highest BCUT2D eigenvalue weighted by molar-refractivity contribution is 5.94. The third-order valence-electron chi connectivity index (χ3n) is 4.48. The summed E-state index contributed by atoms with van der Waals surface area (Å²) in [5, 5.41) is 10.4. The fraction of sp³-hybridized carbons (Fsp3) is 0.316. The Labute approximate surface area is 139 Å². The maximum absolute atomic E-state index is 13.4. The van der Waals surface area contributed by atoms with Crippen molar-refractivity contribution >= 4 is 5.91 Å². The largest absolute Gasteiger partial charge is 0.388 e. The smallest absolute Gasteiger partial charge is 0.254 e. The number of nitrogens with zero attached hydrogens (tertiary/aromatic N) is 1. The van der Waals surface area contributed by atoms with Gasteiger partial charge in [0.25, 0.3) is 5.91 Å². The minimum atomic E-state index is -1.03. The Balaban J connectivity index is 1.73. The molecule has 0 bridgehead atoms. The van der Waals surface area contributed by atoms with Gasteiger partial charge in [0.1, 0.15) is 0 Å². The highest BCUT2D eigenvalue weighted by Gasteiger charge is 2.31. The van der Waals surface area contributed by atoms with Gasteiger partial charge in [0, 0.05) is 18.2 Å². The number of aliphatic hydroxyl groups excluding tert-OH is 1. The highest BCUT2D eigenvalue weighted by Crippen LogP contribution is 2.28. The van der Waals surface area contributed by atoms with Crippen molar-refractivity contribution in [3.05, 3.63) is 71.3 Å². The first-order valence-electron chi connectivity index (χ1n) is 8.05. The van der Waals surface area contributed by atoms with Crippen LogP contribution in [0.4, 0.5) is 8.78 Å². The quantitative estimate of drug-likeness (QED) is 0.928. The Morgan fingerprint density at radius 3 is 2.62 bits per heavy atom. The first kappa shape index (κ1) is 16.6. The zero-order chi connectivity index (χ0) is 17.1. The predicted octanol–water partition coefficient (Wildman–Crippen LogP) is 3.69. The van der Waals surface area contributed by atoms with Crippen molar-refractivity contribution in [1.29, 1.82) is 0 Å². The molecule has 1 fully saturated rings. The number of hydrogen-bond acceptors (Lipinski definition) is 2. The van der Waals surface area contributed by atoms with E-state index < -0.39 is 17.7 Å². The monoisotopic (exact) mass is 331 g/mol. The van der Waals surface area contributed by atoms with Crippen LogP contribution in [-0.2, 0) is 0 Å².